The van der Waals surface area contributed by atoms with E-state index < -0.39 is 0 Å². The van der Waals surface area contributed by atoms with Crippen LogP contribution in [0.15, 0.2) is 0 Å². The summed E-state index contributed by atoms with van der Waals surface area (Å²) >= 11 is 1.46. The van der Waals surface area contributed by atoms with E-state index >= 15 is 0 Å². The Kier molecular flexibility index (Phi) is 4.08. The number of rotatable bonds is 5. The van der Waals surface area contributed by atoms with Crippen LogP contribution < -0.4 is 5.32 Å². The molecule has 1 heterocycles. The van der Waals surface area contributed by atoms with Crippen LogP contribution in [-0.2, 0) is 0 Å². The van der Waals surface area contributed by atoms with Crippen LogP contribution in [0, 0.1) is 0 Å². The lowest BCUT2D eigenvalue weighted by molar-refractivity contribution is 0.510. The van der Waals surface area contributed by atoms with E-state index in [4.69, 9.17) is 0 Å². The average molecular weight is 227 g/mol. The van der Waals surface area contributed by atoms with Crippen LogP contribution in [0.4, 0.5) is 5.13 Å². The van der Waals surface area contributed by atoms with Crippen LogP contribution in [0.5, 0.6) is 0 Å². The second-order valence-corrected chi connectivity index (χ2v) is 5.62. The van der Waals surface area contributed by atoms with Crippen LogP contribution in [0.25, 0.3) is 0 Å². The molecule has 0 aliphatic carbocycles. The molecule has 1 aromatic rings. The molecule has 0 aliphatic rings. The third-order valence-electron chi connectivity index (χ3n) is 2.28. The van der Waals surface area contributed by atoms with E-state index in [0.29, 0.717) is 5.92 Å². The maximum Gasteiger partial charge on any atom is 0.202 e. The second-order valence-electron chi connectivity index (χ2n) is 4.87. The Balaban J connectivity index is 2.64. The standard InChI is InChI=1S/C11H21N3S/c1-6-7-11(4,5)13-10-12-9(8(2)3)14-15-10/h8H,6-7H2,1-5H3,(H,12,13,14). The molecule has 1 N–H and O–H groups in total. The Hall–Kier alpha value is -0.640. The van der Waals surface area contributed by atoms with Crippen molar-refractivity contribution in [3.63, 3.8) is 0 Å². The lowest BCUT2D eigenvalue weighted by Gasteiger charge is -2.24. The van der Waals surface area contributed by atoms with Crippen molar-refractivity contribution in [3.8, 4) is 0 Å². The van der Waals surface area contributed by atoms with Crippen molar-refractivity contribution in [3.05, 3.63) is 5.82 Å². The number of hydrogen-bond acceptors (Lipinski definition) is 4. The van der Waals surface area contributed by atoms with Gasteiger partial charge in [0.05, 0.1) is 0 Å². The summed E-state index contributed by atoms with van der Waals surface area (Å²) in [5, 5.41) is 4.38. The first kappa shape index (κ1) is 12.4. The highest BCUT2D eigenvalue weighted by Crippen LogP contribution is 2.23. The van der Waals surface area contributed by atoms with Gasteiger partial charge in [0.1, 0.15) is 5.82 Å². The summed E-state index contributed by atoms with van der Waals surface area (Å²) in [6.45, 7) is 10.8. The molecule has 0 aliphatic heterocycles. The van der Waals surface area contributed by atoms with Crippen LogP contribution in [0.2, 0.25) is 0 Å². The molecule has 0 unspecified atom stereocenters. The van der Waals surface area contributed by atoms with Crippen molar-refractivity contribution in [1.82, 2.24) is 9.36 Å². The van der Waals surface area contributed by atoms with Gasteiger partial charge in [0.15, 0.2) is 0 Å². The maximum absolute atomic E-state index is 4.47. The predicted molar refractivity (Wildman–Crippen MR) is 66.6 cm³/mol. The molecular formula is C11H21N3S. The fourth-order valence-electron chi connectivity index (χ4n) is 1.50. The van der Waals surface area contributed by atoms with Crippen molar-refractivity contribution in [2.75, 3.05) is 5.32 Å². The summed E-state index contributed by atoms with van der Waals surface area (Å²) in [5.41, 5.74) is 0.114. The third-order valence-corrected chi connectivity index (χ3v) is 2.92. The summed E-state index contributed by atoms with van der Waals surface area (Å²) in [6, 6.07) is 0. The Bertz CT molecular complexity index is 305. The fourth-order valence-corrected chi connectivity index (χ4v) is 2.39. The molecule has 0 fully saturated rings. The molecule has 4 heteroatoms. The van der Waals surface area contributed by atoms with E-state index in [-0.39, 0.29) is 5.54 Å². The zero-order valence-corrected chi connectivity index (χ0v) is 11.1. The topological polar surface area (TPSA) is 37.8 Å². The Morgan fingerprint density at radius 3 is 2.53 bits per heavy atom. The van der Waals surface area contributed by atoms with Gasteiger partial charge < -0.3 is 5.32 Å². The minimum absolute atomic E-state index is 0.114. The van der Waals surface area contributed by atoms with E-state index in [1.165, 1.54) is 18.0 Å². The lowest BCUT2D eigenvalue weighted by atomic mass is 10.00. The van der Waals surface area contributed by atoms with Gasteiger partial charge in [-0.05, 0) is 20.3 Å². The molecule has 0 spiro atoms. The quantitative estimate of drug-likeness (QED) is 0.834. The van der Waals surface area contributed by atoms with Crippen molar-refractivity contribution in [2.24, 2.45) is 0 Å². The first-order valence-electron chi connectivity index (χ1n) is 5.56. The number of nitrogens with one attached hydrogen (secondary N) is 1. The molecule has 0 bridgehead atoms. The van der Waals surface area contributed by atoms with Gasteiger partial charge in [0.25, 0.3) is 0 Å². The highest BCUT2D eigenvalue weighted by Gasteiger charge is 2.18. The van der Waals surface area contributed by atoms with Gasteiger partial charge in [-0.3, -0.25) is 0 Å². The Morgan fingerprint density at radius 2 is 2.07 bits per heavy atom. The zero-order valence-electron chi connectivity index (χ0n) is 10.3. The highest BCUT2D eigenvalue weighted by atomic mass is 32.1. The molecule has 86 valence electrons. The molecule has 15 heavy (non-hydrogen) atoms. The van der Waals surface area contributed by atoms with Crippen LogP contribution in [0.1, 0.15) is 59.2 Å². The minimum atomic E-state index is 0.114. The van der Waals surface area contributed by atoms with E-state index in [2.05, 4.69) is 49.3 Å². The monoisotopic (exact) mass is 227 g/mol. The number of anilines is 1. The highest BCUT2D eigenvalue weighted by molar-refractivity contribution is 7.09. The molecule has 3 nitrogen and oxygen atoms in total. The lowest BCUT2D eigenvalue weighted by Crippen LogP contribution is -2.30. The number of aromatic nitrogens is 2. The van der Waals surface area contributed by atoms with Crippen LogP contribution >= 0.6 is 11.5 Å². The van der Waals surface area contributed by atoms with E-state index in [9.17, 15) is 0 Å². The summed E-state index contributed by atoms with van der Waals surface area (Å²) < 4.78 is 4.33. The van der Waals surface area contributed by atoms with Crippen molar-refractivity contribution >= 4 is 16.7 Å². The van der Waals surface area contributed by atoms with Gasteiger partial charge in [-0.1, -0.05) is 27.2 Å². The summed E-state index contributed by atoms with van der Waals surface area (Å²) in [6.07, 6.45) is 2.32. The zero-order chi connectivity index (χ0) is 11.5. The van der Waals surface area contributed by atoms with Gasteiger partial charge in [0, 0.05) is 23.0 Å². The number of hydrogen-bond donors (Lipinski definition) is 1. The molecule has 0 saturated heterocycles. The second kappa shape index (κ2) is 4.92. The first-order chi connectivity index (χ1) is 6.94. The molecule has 0 atom stereocenters. The van der Waals surface area contributed by atoms with E-state index in [1.807, 2.05) is 0 Å². The fraction of sp³-hybridized carbons (Fsp3) is 0.818. The molecule has 0 amide bonds. The summed E-state index contributed by atoms with van der Waals surface area (Å²) in [5.74, 6) is 1.35. The molecule has 0 radical (unpaired) electrons. The predicted octanol–water partition coefficient (Wildman–Crippen LogP) is 3.65. The molecule has 1 aromatic heterocycles. The molecule has 0 aromatic carbocycles. The van der Waals surface area contributed by atoms with Gasteiger partial charge in [-0.15, -0.1) is 0 Å². The molecular weight excluding hydrogens is 206 g/mol. The average Bonchev–Trinajstić information content (AvgIpc) is 2.51. The Morgan fingerprint density at radius 1 is 1.40 bits per heavy atom. The SMILES string of the molecule is CCCC(C)(C)Nc1nc(C(C)C)ns1. The minimum Gasteiger partial charge on any atom is -0.355 e. The summed E-state index contributed by atoms with van der Waals surface area (Å²) in [7, 11) is 0. The van der Waals surface area contributed by atoms with E-state index in [1.54, 1.807) is 0 Å². The van der Waals surface area contributed by atoms with Gasteiger partial charge in [0.2, 0.25) is 5.13 Å². The third kappa shape index (κ3) is 3.78. The Labute approximate surface area is 96.5 Å². The van der Waals surface area contributed by atoms with Crippen LogP contribution in [-0.4, -0.2) is 14.9 Å². The largest absolute Gasteiger partial charge is 0.355 e. The van der Waals surface area contributed by atoms with Gasteiger partial charge >= 0.3 is 0 Å². The smallest absolute Gasteiger partial charge is 0.202 e. The summed E-state index contributed by atoms with van der Waals surface area (Å²) in [4.78, 5) is 4.47. The van der Waals surface area contributed by atoms with Crippen molar-refractivity contribution in [1.29, 1.82) is 0 Å². The molecule has 0 saturated carbocycles. The van der Waals surface area contributed by atoms with Crippen molar-refractivity contribution < 1.29 is 0 Å². The van der Waals surface area contributed by atoms with Crippen LogP contribution in [0.3, 0.4) is 0 Å². The molecule has 1 rings (SSSR count). The normalized spacial score (nSPS) is 12.1. The van der Waals surface area contributed by atoms with Crippen molar-refractivity contribution in [2.45, 2.75) is 58.9 Å². The maximum atomic E-state index is 4.47. The van der Waals surface area contributed by atoms with Gasteiger partial charge in [-0.25, -0.2) is 4.98 Å². The number of nitrogens with zero attached hydrogens (tertiary/aromatic N) is 2. The first-order valence-corrected chi connectivity index (χ1v) is 6.33. The van der Waals surface area contributed by atoms with E-state index in [0.717, 1.165) is 17.4 Å². The van der Waals surface area contributed by atoms with Gasteiger partial charge in [-0.2, -0.15) is 4.37 Å².